The van der Waals surface area contributed by atoms with Gasteiger partial charge in [-0.1, -0.05) is 12.1 Å². The van der Waals surface area contributed by atoms with Gasteiger partial charge in [-0.2, -0.15) is 0 Å². The van der Waals surface area contributed by atoms with E-state index in [4.69, 9.17) is 34.8 Å². The number of likely N-dealkylation sites (N-methyl/N-ethyl adjacent to an activating group) is 2. The van der Waals surface area contributed by atoms with Crippen molar-refractivity contribution in [2.45, 2.75) is 57.0 Å². The second kappa shape index (κ2) is 15.9. The Bertz CT molecular complexity index is 2070. The smallest absolute Gasteiger partial charge is 0.224 e. The molecular formula is C44H49N3O7. The minimum absolute atomic E-state index is 0.115. The molecule has 4 heterocycles. The van der Waals surface area contributed by atoms with Crippen LogP contribution in [0.15, 0.2) is 54.6 Å². The van der Waals surface area contributed by atoms with Gasteiger partial charge in [0.2, 0.25) is 11.7 Å². The van der Waals surface area contributed by atoms with E-state index in [-0.39, 0.29) is 18.0 Å². The van der Waals surface area contributed by atoms with E-state index in [1.165, 1.54) is 16.7 Å². The lowest BCUT2D eigenvalue weighted by atomic mass is 9.86. The minimum Gasteiger partial charge on any atom is -0.493 e. The molecule has 8 rings (SSSR count). The molecule has 10 nitrogen and oxygen atoms in total. The summed E-state index contributed by atoms with van der Waals surface area (Å²) in [6.07, 6.45) is 9.87. The number of benzene rings is 4. The number of ether oxygens (including phenoxy) is 6. The van der Waals surface area contributed by atoms with E-state index in [1.54, 1.807) is 28.4 Å². The van der Waals surface area contributed by atoms with Crippen LogP contribution in [-0.4, -0.2) is 71.3 Å². The Hall–Kier alpha value is -5.37. The maximum atomic E-state index is 13.3. The van der Waals surface area contributed by atoms with Gasteiger partial charge in [0.15, 0.2) is 34.5 Å². The summed E-state index contributed by atoms with van der Waals surface area (Å²) in [5.41, 5.74) is 7.22. The number of rotatable bonds is 8. The molecule has 0 aliphatic carbocycles. The number of nitrogens with zero attached hydrogens (tertiary/aromatic N) is 2. The molecule has 0 saturated carbocycles. The van der Waals surface area contributed by atoms with Gasteiger partial charge in [-0.25, -0.2) is 0 Å². The topological polar surface area (TPSA) is 91.0 Å². The molecule has 10 heteroatoms. The van der Waals surface area contributed by atoms with Crippen molar-refractivity contribution < 1.29 is 33.2 Å². The predicted molar refractivity (Wildman–Crippen MR) is 209 cm³/mol. The SMILES string of the molecule is C#CCCCC(=O)Nc1cc(OC)c2cc1C[C@@H]1c3c(cc(OC)c(OC)c3Oc3cc4c(cc3OC)CCN(C)[C@H]4Cc3ccc(cc3)O2)CCN1C. The van der Waals surface area contributed by atoms with Gasteiger partial charge in [0.05, 0.1) is 28.4 Å². The molecule has 0 fully saturated rings. The fraction of sp³-hybridized carbons (Fsp3) is 0.386. The minimum atomic E-state index is -0.192. The molecule has 0 saturated heterocycles. The Morgan fingerprint density at radius 2 is 1.46 bits per heavy atom. The van der Waals surface area contributed by atoms with Gasteiger partial charge in [-0.15, -0.1) is 12.3 Å². The van der Waals surface area contributed by atoms with Crippen molar-refractivity contribution in [3.63, 3.8) is 0 Å². The van der Waals surface area contributed by atoms with Gasteiger partial charge in [0, 0.05) is 55.3 Å². The van der Waals surface area contributed by atoms with Crippen LogP contribution in [0.4, 0.5) is 5.69 Å². The molecule has 0 unspecified atom stereocenters. The maximum Gasteiger partial charge on any atom is 0.224 e. The first-order valence-corrected chi connectivity index (χ1v) is 18.5. The molecular weight excluding hydrogens is 682 g/mol. The lowest BCUT2D eigenvalue weighted by Gasteiger charge is -2.37. The number of anilines is 1. The number of amides is 1. The van der Waals surface area contributed by atoms with E-state index in [0.717, 1.165) is 49.0 Å². The van der Waals surface area contributed by atoms with E-state index in [2.05, 4.69) is 65.5 Å². The van der Waals surface area contributed by atoms with E-state index in [9.17, 15) is 4.79 Å². The van der Waals surface area contributed by atoms with Gasteiger partial charge < -0.3 is 33.7 Å². The molecule has 54 heavy (non-hydrogen) atoms. The summed E-state index contributed by atoms with van der Waals surface area (Å²) in [6, 6.07) is 18.3. The van der Waals surface area contributed by atoms with Crippen LogP contribution < -0.4 is 33.7 Å². The molecule has 282 valence electrons. The fourth-order valence-corrected chi connectivity index (χ4v) is 8.02. The van der Waals surface area contributed by atoms with Crippen molar-refractivity contribution in [2.75, 3.05) is 60.9 Å². The third-order valence-corrected chi connectivity index (χ3v) is 11.0. The van der Waals surface area contributed by atoms with Gasteiger partial charge >= 0.3 is 0 Å². The zero-order chi connectivity index (χ0) is 37.9. The van der Waals surface area contributed by atoms with Gasteiger partial charge in [0.1, 0.15) is 5.75 Å². The Balaban J connectivity index is 1.45. The van der Waals surface area contributed by atoms with E-state index >= 15 is 0 Å². The molecule has 4 aromatic rings. The number of carbonyl (C=O) groups is 1. The Kier molecular flexibility index (Phi) is 10.9. The summed E-state index contributed by atoms with van der Waals surface area (Å²) in [5.74, 6) is 7.16. The number of terminal acetylenes is 1. The average molecular weight is 732 g/mol. The van der Waals surface area contributed by atoms with E-state index in [1.807, 2.05) is 24.3 Å². The molecule has 0 spiro atoms. The quantitative estimate of drug-likeness (QED) is 0.144. The molecule has 6 bridgehead atoms. The summed E-state index contributed by atoms with van der Waals surface area (Å²) >= 11 is 0. The largest absolute Gasteiger partial charge is 0.493 e. The second-order valence-corrected chi connectivity index (χ2v) is 14.2. The molecule has 4 aliphatic heterocycles. The van der Waals surface area contributed by atoms with Gasteiger partial charge in [0.25, 0.3) is 0 Å². The number of carbonyl (C=O) groups excluding carboxylic acids is 1. The van der Waals surface area contributed by atoms with Gasteiger partial charge in [-0.05, 0) is 110 Å². The second-order valence-electron chi connectivity index (χ2n) is 14.2. The molecule has 2 atom stereocenters. The van der Waals surface area contributed by atoms with Crippen molar-refractivity contribution in [1.29, 1.82) is 0 Å². The fourth-order valence-electron chi connectivity index (χ4n) is 8.02. The highest BCUT2D eigenvalue weighted by atomic mass is 16.5. The summed E-state index contributed by atoms with van der Waals surface area (Å²) < 4.78 is 37.5. The first-order valence-electron chi connectivity index (χ1n) is 18.5. The number of nitrogens with one attached hydrogen (secondary N) is 1. The maximum absolute atomic E-state index is 13.3. The Morgan fingerprint density at radius 1 is 0.796 bits per heavy atom. The number of unbranched alkanes of at least 4 members (excludes halogenated alkanes) is 1. The standard InChI is InChI=1S/C44H49N3O7/c1-8-9-10-11-41(48)45-33-26-37(50-5)38-24-30(33)21-35-42-29(17-19-47(35)3)23-40(51-6)43(52-7)44(42)54-39-25-32-28(22-36(39)49-4)16-18-46(2)34(32)20-27-12-14-31(53-38)15-13-27/h1,12-15,22-26,34-35H,9-11,16-21H2,2-7H3,(H,45,48)/t34-,35+/m0/s1. The Labute approximate surface area is 318 Å². The predicted octanol–water partition coefficient (Wildman–Crippen LogP) is 7.90. The van der Waals surface area contributed by atoms with Crippen molar-refractivity contribution in [2.24, 2.45) is 0 Å². The molecule has 4 aromatic carbocycles. The molecule has 0 aromatic heterocycles. The average Bonchev–Trinajstić information content (AvgIpc) is 3.17. The zero-order valence-corrected chi connectivity index (χ0v) is 32.0. The summed E-state index contributed by atoms with van der Waals surface area (Å²) in [7, 11) is 10.9. The number of hydrogen-bond donors (Lipinski definition) is 1. The highest BCUT2D eigenvalue weighted by molar-refractivity contribution is 5.92. The monoisotopic (exact) mass is 731 g/mol. The van der Waals surface area contributed by atoms with Crippen LogP contribution in [0.3, 0.4) is 0 Å². The third-order valence-electron chi connectivity index (χ3n) is 11.0. The van der Waals surface area contributed by atoms with Crippen molar-refractivity contribution >= 4 is 11.6 Å². The highest BCUT2D eigenvalue weighted by Crippen LogP contribution is 2.52. The number of hydrogen-bond acceptors (Lipinski definition) is 9. The van der Waals surface area contributed by atoms with Crippen LogP contribution in [-0.2, 0) is 30.5 Å². The molecule has 1 amide bonds. The Morgan fingerprint density at radius 3 is 2.17 bits per heavy atom. The van der Waals surface area contributed by atoms with Gasteiger partial charge in [-0.3, -0.25) is 14.6 Å². The van der Waals surface area contributed by atoms with E-state index in [0.29, 0.717) is 77.4 Å². The van der Waals surface area contributed by atoms with Crippen LogP contribution in [0, 0.1) is 12.3 Å². The number of fused-ring (bicyclic) bond motifs is 2. The summed E-state index contributed by atoms with van der Waals surface area (Å²) in [5, 5.41) is 3.16. The summed E-state index contributed by atoms with van der Waals surface area (Å²) in [4.78, 5) is 18.0. The van der Waals surface area contributed by atoms with Crippen LogP contribution in [0.1, 0.15) is 64.7 Å². The normalized spacial score (nSPS) is 17.8. The first kappa shape index (κ1) is 37.0. The molecule has 1 N–H and O–H groups in total. The zero-order valence-electron chi connectivity index (χ0n) is 32.0. The van der Waals surface area contributed by atoms with E-state index < -0.39 is 0 Å². The van der Waals surface area contributed by atoms with Crippen LogP contribution >= 0.6 is 0 Å². The summed E-state index contributed by atoms with van der Waals surface area (Å²) in [6.45, 7) is 1.72. The van der Waals surface area contributed by atoms with Crippen LogP contribution in [0.25, 0.3) is 0 Å². The van der Waals surface area contributed by atoms with Crippen molar-refractivity contribution in [3.05, 3.63) is 88.0 Å². The van der Waals surface area contributed by atoms with Crippen molar-refractivity contribution in [3.8, 4) is 58.3 Å². The molecule has 4 aliphatic rings. The lowest BCUT2D eigenvalue weighted by molar-refractivity contribution is -0.116. The lowest BCUT2D eigenvalue weighted by Crippen LogP contribution is -2.34. The molecule has 0 radical (unpaired) electrons. The van der Waals surface area contributed by atoms with Crippen LogP contribution in [0.2, 0.25) is 0 Å². The number of methoxy groups -OCH3 is 4. The first-order chi connectivity index (χ1) is 26.2. The van der Waals surface area contributed by atoms with Crippen molar-refractivity contribution in [1.82, 2.24) is 9.80 Å². The highest BCUT2D eigenvalue weighted by Gasteiger charge is 2.35. The van der Waals surface area contributed by atoms with Crippen LogP contribution in [0.5, 0.6) is 46.0 Å². The third kappa shape index (κ3) is 7.26.